The first-order valence-corrected chi connectivity index (χ1v) is 14.6. The molecule has 1 saturated carbocycles. The lowest BCUT2D eigenvalue weighted by Crippen LogP contribution is -2.41. The molecule has 2 aliphatic heterocycles. The van der Waals surface area contributed by atoms with Crippen molar-refractivity contribution in [3.8, 4) is 0 Å². The SMILES string of the molecule is CC1(C)OB(C2=C(c3ccccc3)C3CCCC3C(B3OC(C)(C)C(C)(C)O3)=C2c2ccccc2)OC1(C)C. The van der Waals surface area contributed by atoms with E-state index in [4.69, 9.17) is 18.6 Å². The molecule has 2 saturated heterocycles. The maximum atomic E-state index is 6.85. The first-order valence-electron chi connectivity index (χ1n) is 14.6. The summed E-state index contributed by atoms with van der Waals surface area (Å²) >= 11 is 0. The standard InChI is InChI=1S/C33H42B2O4/c1-30(2)31(3,4)37-34(36-30)28-25-21-15-20-24(25)26(22-16-11-9-12-17-22)29(27(28)23-18-13-10-14-19-23)35-38-32(5,6)33(7,8)39-35/h9-14,16-19,24-25H,15,20-21H2,1-8H3. The zero-order valence-electron chi connectivity index (χ0n) is 24.8. The van der Waals surface area contributed by atoms with E-state index in [0.717, 1.165) is 23.9 Å². The average Bonchev–Trinajstić information content (AvgIpc) is 3.50. The van der Waals surface area contributed by atoms with Gasteiger partial charge in [-0.15, -0.1) is 0 Å². The highest BCUT2D eigenvalue weighted by atomic mass is 16.7. The molecule has 2 aliphatic carbocycles. The maximum Gasteiger partial charge on any atom is 0.495 e. The van der Waals surface area contributed by atoms with Gasteiger partial charge >= 0.3 is 14.2 Å². The fourth-order valence-corrected chi connectivity index (χ4v) is 6.74. The van der Waals surface area contributed by atoms with Crippen molar-refractivity contribution in [3.63, 3.8) is 0 Å². The Kier molecular flexibility index (Phi) is 6.39. The molecule has 2 unspecified atom stereocenters. The Bertz CT molecular complexity index is 1280. The molecule has 2 atom stereocenters. The van der Waals surface area contributed by atoms with Crippen LogP contribution in [0.3, 0.4) is 0 Å². The fraction of sp³-hybridized carbons (Fsp3) is 0.515. The zero-order valence-corrected chi connectivity index (χ0v) is 24.8. The van der Waals surface area contributed by atoms with Crippen LogP contribution >= 0.6 is 0 Å². The second-order valence-electron chi connectivity index (χ2n) is 13.7. The second-order valence-corrected chi connectivity index (χ2v) is 13.7. The zero-order chi connectivity index (χ0) is 27.8. The number of rotatable bonds is 4. The minimum atomic E-state index is -0.501. The summed E-state index contributed by atoms with van der Waals surface area (Å²) in [7, 11) is -0.926. The fourth-order valence-electron chi connectivity index (χ4n) is 6.74. The van der Waals surface area contributed by atoms with E-state index in [1.54, 1.807) is 0 Å². The Morgan fingerprint density at radius 2 is 1.00 bits per heavy atom. The lowest BCUT2D eigenvalue weighted by molar-refractivity contribution is 0.00578. The van der Waals surface area contributed by atoms with Crippen molar-refractivity contribution in [2.75, 3.05) is 0 Å². The van der Waals surface area contributed by atoms with Gasteiger partial charge in [0.2, 0.25) is 0 Å². The van der Waals surface area contributed by atoms with E-state index < -0.39 is 36.6 Å². The van der Waals surface area contributed by atoms with Crippen LogP contribution in [-0.2, 0) is 18.6 Å². The van der Waals surface area contributed by atoms with Gasteiger partial charge in [0.25, 0.3) is 0 Å². The van der Waals surface area contributed by atoms with Crippen LogP contribution in [0, 0.1) is 11.8 Å². The number of hydrogen-bond donors (Lipinski definition) is 0. The molecule has 0 spiro atoms. The normalized spacial score (nSPS) is 28.8. The van der Waals surface area contributed by atoms with Crippen molar-refractivity contribution in [1.82, 2.24) is 0 Å². The summed E-state index contributed by atoms with van der Waals surface area (Å²) in [6.07, 6.45) is 3.42. The van der Waals surface area contributed by atoms with Crippen LogP contribution in [0.2, 0.25) is 0 Å². The molecule has 6 rings (SSSR count). The summed E-state index contributed by atoms with van der Waals surface area (Å²) in [6.45, 7) is 17.1. The van der Waals surface area contributed by atoms with Crippen LogP contribution in [0.4, 0.5) is 0 Å². The quantitative estimate of drug-likeness (QED) is 0.387. The Morgan fingerprint density at radius 1 is 0.564 bits per heavy atom. The smallest absolute Gasteiger partial charge is 0.400 e. The van der Waals surface area contributed by atoms with Crippen molar-refractivity contribution in [1.29, 1.82) is 0 Å². The molecule has 3 fully saturated rings. The summed E-state index contributed by atoms with van der Waals surface area (Å²) in [6, 6.07) is 21.6. The predicted molar refractivity (Wildman–Crippen MR) is 160 cm³/mol. The van der Waals surface area contributed by atoms with E-state index in [9.17, 15) is 0 Å². The van der Waals surface area contributed by atoms with Crippen molar-refractivity contribution in [2.24, 2.45) is 11.8 Å². The highest BCUT2D eigenvalue weighted by Crippen LogP contribution is 2.57. The predicted octanol–water partition coefficient (Wildman–Crippen LogP) is 7.59. The van der Waals surface area contributed by atoms with Gasteiger partial charge in [-0.05, 0) is 113 Å². The Morgan fingerprint density at radius 3 is 1.51 bits per heavy atom. The molecule has 0 bridgehead atoms. The molecule has 6 heteroatoms. The average molecular weight is 524 g/mol. The van der Waals surface area contributed by atoms with Gasteiger partial charge in [-0.25, -0.2) is 0 Å². The van der Waals surface area contributed by atoms with Gasteiger partial charge in [0.1, 0.15) is 0 Å². The summed E-state index contributed by atoms with van der Waals surface area (Å²) in [4.78, 5) is 0. The summed E-state index contributed by atoms with van der Waals surface area (Å²) < 4.78 is 27.3. The first-order chi connectivity index (χ1) is 18.3. The first kappa shape index (κ1) is 27.1. The van der Waals surface area contributed by atoms with Gasteiger partial charge in [-0.3, -0.25) is 0 Å². The Labute approximate surface area is 235 Å². The highest BCUT2D eigenvalue weighted by Gasteiger charge is 2.59. The molecule has 204 valence electrons. The van der Waals surface area contributed by atoms with Crippen LogP contribution in [0.15, 0.2) is 71.6 Å². The summed E-state index contributed by atoms with van der Waals surface area (Å²) in [5.41, 5.74) is 5.58. The molecule has 2 heterocycles. The van der Waals surface area contributed by atoms with Gasteiger partial charge in [-0.2, -0.15) is 0 Å². The van der Waals surface area contributed by atoms with Gasteiger partial charge in [-0.1, -0.05) is 67.1 Å². The Hall–Kier alpha value is -2.11. The van der Waals surface area contributed by atoms with Crippen LogP contribution in [0.25, 0.3) is 11.1 Å². The molecule has 0 aromatic heterocycles. The van der Waals surface area contributed by atoms with Crippen LogP contribution in [-0.4, -0.2) is 36.6 Å². The van der Waals surface area contributed by atoms with Gasteiger partial charge < -0.3 is 18.6 Å². The van der Waals surface area contributed by atoms with Gasteiger partial charge in [0.15, 0.2) is 0 Å². The lowest BCUT2D eigenvalue weighted by atomic mass is 9.53. The lowest BCUT2D eigenvalue weighted by Gasteiger charge is -2.37. The number of benzene rings is 2. The van der Waals surface area contributed by atoms with Crippen molar-refractivity contribution in [2.45, 2.75) is 97.1 Å². The molecular formula is C33H42B2O4. The Balaban J connectivity index is 1.66. The molecule has 39 heavy (non-hydrogen) atoms. The summed E-state index contributed by atoms with van der Waals surface area (Å²) in [5.74, 6) is 0.680. The largest absolute Gasteiger partial charge is 0.495 e. The molecule has 0 N–H and O–H groups in total. The molecule has 4 nitrogen and oxygen atoms in total. The molecular weight excluding hydrogens is 482 g/mol. The van der Waals surface area contributed by atoms with Crippen LogP contribution in [0.1, 0.15) is 85.8 Å². The van der Waals surface area contributed by atoms with Crippen molar-refractivity contribution >= 4 is 25.4 Å². The van der Waals surface area contributed by atoms with E-state index in [2.05, 4.69) is 116 Å². The number of allylic oxidation sites excluding steroid dienone is 4. The van der Waals surface area contributed by atoms with Crippen LogP contribution < -0.4 is 0 Å². The molecule has 0 amide bonds. The third-order valence-corrected chi connectivity index (χ3v) is 10.3. The highest BCUT2D eigenvalue weighted by molar-refractivity contribution is 6.64. The minimum absolute atomic E-state index is 0.330. The third-order valence-electron chi connectivity index (χ3n) is 10.3. The number of hydrogen-bond acceptors (Lipinski definition) is 4. The summed E-state index contributed by atoms with van der Waals surface area (Å²) in [5, 5.41) is 0. The number of fused-ring (bicyclic) bond motifs is 1. The van der Waals surface area contributed by atoms with E-state index >= 15 is 0 Å². The van der Waals surface area contributed by atoms with E-state index in [0.29, 0.717) is 11.8 Å². The molecule has 2 aromatic rings. The van der Waals surface area contributed by atoms with E-state index in [1.807, 2.05) is 0 Å². The van der Waals surface area contributed by atoms with E-state index in [-0.39, 0.29) is 0 Å². The molecule has 4 aliphatic rings. The third kappa shape index (κ3) is 4.30. The molecule has 2 aromatic carbocycles. The van der Waals surface area contributed by atoms with Gasteiger partial charge in [0, 0.05) is 0 Å². The van der Waals surface area contributed by atoms with Crippen molar-refractivity contribution in [3.05, 3.63) is 82.7 Å². The van der Waals surface area contributed by atoms with E-state index in [1.165, 1.54) is 28.6 Å². The maximum absolute atomic E-state index is 6.85. The topological polar surface area (TPSA) is 36.9 Å². The monoisotopic (exact) mass is 524 g/mol. The van der Waals surface area contributed by atoms with Crippen LogP contribution in [0.5, 0.6) is 0 Å². The second kappa shape index (κ2) is 9.21. The van der Waals surface area contributed by atoms with Crippen molar-refractivity contribution < 1.29 is 18.6 Å². The molecule has 0 radical (unpaired) electrons. The minimum Gasteiger partial charge on any atom is -0.400 e. The van der Waals surface area contributed by atoms with Gasteiger partial charge in [0.05, 0.1) is 22.4 Å².